The fourth-order valence-electron chi connectivity index (χ4n) is 5.05. The smallest absolute Gasteiger partial charge is 0.253 e. The van der Waals surface area contributed by atoms with Crippen LogP contribution in [0.15, 0.2) is 42.5 Å². The van der Waals surface area contributed by atoms with E-state index in [0.29, 0.717) is 18.7 Å². The molecule has 3 aliphatic rings. The normalized spacial score (nSPS) is 21.7. The number of rotatable bonds is 4. The number of likely N-dealkylation sites (tertiary alicyclic amines) is 1. The van der Waals surface area contributed by atoms with Gasteiger partial charge < -0.3 is 19.9 Å². The summed E-state index contributed by atoms with van der Waals surface area (Å²) in [7, 11) is 0. The summed E-state index contributed by atoms with van der Waals surface area (Å²) in [5.74, 6) is -2.23. The Balaban J connectivity index is 1.14. The van der Waals surface area contributed by atoms with E-state index in [0.717, 1.165) is 63.4 Å². The number of morpholine rings is 1. The maximum atomic E-state index is 13.4. The highest BCUT2D eigenvalue weighted by Gasteiger charge is 2.58. The van der Waals surface area contributed by atoms with Crippen molar-refractivity contribution in [3.8, 4) is 0 Å². The van der Waals surface area contributed by atoms with Crippen molar-refractivity contribution in [1.82, 2.24) is 4.90 Å². The number of ether oxygens (including phenoxy) is 1. The molecule has 1 spiro atoms. The highest BCUT2D eigenvalue weighted by Crippen LogP contribution is 2.59. The maximum Gasteiger partial charge on any atom is 0.253 e. The summed E-state index contributed by atoms with van der Waals surface area (Å²) in [4.78, 5) is 29.7. The Morgan fingerprint density at radius 2 is 1.64 bits per heavy atom. The molecule has 0 aromatic heterocycles. The second kappa shape index (κ2) is 8.74. The second-order valence-electron chi connectivity index (χ2n) is 9.18. The van der Waals surface area contributed by atoms with Gasteiger partial charge in [0, 0.05) is 55.1 Å². The number of hydrogen-bond acceptors (Lipinski definition) is 4. The standard InChI is InChI=1S/C25H27F2N3O3/c26-21-6-3-18(15-22(21)27)28-23(31)20-16-25(20)7-9-30(10-8-25)24(32)17-1-4-19(5-2-17)29-11-13-33-14-12-29/h1-6,15,20H,7-14,16H2,(H,28,31)/t20-/m0/s1. The van der Waals surface area contributed by atoms with E-state index < -0.39 is 11.6 Å². The summed E-state index contributed by atoms with van der Waals surface area (Å²) >= 11 is 0. The summed E-state index contributed by atoms with van der Waals surface area (Å²) in [5, 5.41) is 2.70. The largest absolute Gasteiger partial charge is 0.378 e. The lowest BCUT2D eigenvalue weighted by Gasteiger charge is -2.33. The Bertz CT molecular complexity index is 1050. The molecule has 8 heteroatoms. The molecule has 2 amide bonds. The molecule has 1 atom stereocenters. The number of anilines is 2. The van der Waals surface area contributed by atoms with Crippen molar-refractivity contribution in [2.45, 2.75) is 19.3 Å². The van der Waals surface area contributed by atoms with Gasteiger partial charge in [-0.25, -0.2) is 8.78 Å². The number of piperidine rings is 1. The van der Waals surface area contributed by atoms with E-state index in [1.165, 1.54) is 6.07 Å². The van der Waals surface area contributed by atoms with Gasteiger partial charge in [-0.2, -0.15) is 0 Å². The number of amides is 2. The van der Waals surface area contributed by atoms with Crippen LogP contribution in [0.1, 0.15) is 29.6 Å². The molecule has 1 N–H and O–H groups in total. The minimum absolute atomic E-state index is 0.0156. The fraction of sp³-hybridized carbons (Fsp3) is 0.440. The minimum Gasteiger partial charge on any atom is -0.378 e. The van der Waals surface area contributed by atoms with E-state index in [-0.39, 0.29) is 28.8 Å². The predicted octanol–water partition coefficient (Wildman–Crippen LogP) is 3.68. The Hall–Kier alpha value is -3.00. The highest BCUT2D eigenvalue weighted by atomic mass is 19.2. The number of nitrogens with one attached hydrogen (secondary N) is 1. The van der Waals surface area contributed by atoms with Gasteiger partial charge in [0.25, 0.3) is 5.91 Å². The SMILES string of the molecule is O=C(Nc1ccc(F)c(F)c1)[C@@H]1CC12CCN(C(=O)c1ccc(N3CCOCC3)cc1)CC2. The van der Waals surface area contributed by atoms with Crippen molar-refractivity contribution in [2.24, 2.45) is 11.3 Å². The van der Waals surface area contributed by atoms with Crippen LogP contribution < -0.4 is 10.2 Å². The first-order chi connectivity index (χ1) is 15.9. The third-order valence-corrected chi connectivity index (χ3v) is 7.23. The zero-order valence-corrected chi connectivity index (χ0v) is 18.4. The van der Waals surface area contributed by atoms with Gasteiger partial charge in [0.2, 0.25) is 5.91 Å². The number of hydrogen-bond donors (Lipinski definition) is 1. The summed E-state index contributed by atoms with van der Waals surface area (Å²) in [6, 6.07) is 11.1. The van der Waals surface area contributed by atoms with E-state index in [1.807, 2.05) is 29.2 Å². The van der Waals surface area contributed by atoms with Crippen LogP contribution in [-0.4, -0.2) is 56.1 Å². The Morgan fingerprint density at radius 1 is 0.939 bits per heavy atom. The summed E-state index contributed by atoms with van der Waals surface area (Å²) in [5.41, 5.74) is 1.93. The van der Waals surface area contributed by atoms with Crippen molar-refractivity contribution in [2.75, 3.05) is 49.6 Å². The van der Waals surface area contributed by atoms with Crippen LogP contribution in [0.3, 0.4) is 0 Å². The average Bonchev–Trinajstić information content (AvgIpc) is 3.55. The van der Waals surface area contributed by atoms with Crippen LogP contribution in [0.25, 0.3) is 0 Å². The lowest BCUT2D eigenvalue weighted by molar-refractivity contribution is -0.118. The molecule has 2 aliphatic heterocycles. The molecule has 2 saturated heterocycles. The van der Waals surface area contributed by atoms with E-state index >= 15 is 0 Å². The maximum absolute atomic E-state index is 13.4. The molecule has 2 heterocycles. The Morgan fingerprint density at radius 3 is 2.30 bits per heavy atom. The quantitative estimate of drug-likeness (QED) is 0.764. The van der Waals surface area contributed by atoms with E-state index in [2.05, 4.69) is 10.2 Å². The van der Waals surface area contributed by atoms with Crippen molar-refractivity contribution >= 4 is 23.2 Å². The summed E-state index contributed by atoms with van der Waals surface area (Å²) < 4.78 is 31.9. The zero-order valence-electron chi connectivity index (χ0n) is 18.4. The van der Waals surface area contributed by atoms with Gasteiger partial charge in [0.15, 0.2) is 11.6 Å². The molecule has 2 aromatic rings. The first-order valence-corrected chi connectivity index (χ1v) is 11.4. The summed E-state index contributed by atoms with van der Waals surface area (Å²) in [6.07, 6.45) is 2.29. The topological polar surface area (TPSA) is 61.9 Å². The van der Waals surface area contributed by atoms with Gasteiger partial charge in [-0.15, -0.1) is 0 Å². The number of nitrogens with zero attached hydrogens (tertiary/aromatic N) is 2. The number of carbonyl (C=O) groups excluding carboxylic acids is 2. The van der Waals surface area contributed by atoms with Gasteiger partial charge >= 0.3 is 0 Å². The molecule has 0 bridgehead atoms. The molecule has 0 unspecified atom stereocenters. The molecule has 0 radical (unpaired) electrons. The van der Waals surface area contributed by atoms with Crippen molar-refractivity contribution in [1.29, 1.82) is 0 Å². The highest BCUT2D eigenvalue weighted by molar-refractivity contribution is 5.96. The first kappa shape index (κ1) is 21.8. The van der Waals surface area contributed by atoms with E-state index in [4.69, 9.17) is 4.74 Å². The third kappa shape index (κ3) is 4.44. The molecule has 174 valence electrons. The van der Waals surface area contributed by atoms with Gasteiger partial charge in [-0.3, -0.25) is 9.59 Å². The van der Waals surface area contributed by atoms with Crippen LogP contribution in [0.4, 0.5) is 20.2 Å². The summed E-state index contributed by atoms with van der Waals surface area (Å²) in [6.45, 7) is 4.36. The van der Waals surface area contributed by atoms with Crippen molar-refractivity contribution < 1.29 is 23.1 Å². The zero-order chi connectivity index (χ0) is 23.0. The molecular formula is C25H27F2N3O3. The Labute approximate surface area is 191 Å². The predicted molar refractivity (Wildman–Crippen MR) is 120 cm³/mol. The molecule has 5 rings (SSSR count). The van der Waals surface area contributed by atoms with E-state index in [9.17, 15) is 18.4 Å². The first-order valence-electron chi connectivity index (χ1n) is 11.4. The molecular weight excluding hydrogens is 428 g/mol. The van der Waals surface area contributed by atoms with Gasteiger partial charge in [0.1, 0.15) is 0 Å². The number of benzene rings is 2. The van der Waals surface area contributed by atoms with Gasteiger partial charge in [-0.1, -0.05) is 0 Å². The van der Waals surface area contributed by atoms with Crippen LogP contribution in [-0.2, 0) is 9.53 Å². The molecule has 6 nitrogen and oxygen atoms in total. The van der Waals surface area contributed by atoms with Crippen molar-refractivity contribution in [3.63, 3.8) is 0 Å². The molecule has 1 saturated carbocycles. The fourth-order valence-corrected chi connectivity index (χ4v) is 5.05. The molecule has 3 fully saturated rings. The average molecular weight is 456 g/mol. The minimum atomic E-state index is -0.983. The van der Waals surface area contributed by atoms with Gasteiger partial charge in [-0.05, 0) is 61.1 Å². The van der Waals surface area contributed by atoms with Crippen LogP contribution in [0.5, 0.6) is 0 Å². The molecule has 33 heavy (non-hydrogen) atoms. The Kier molecular flexibility index (Phi) is 5.78. The van der Waals surface area contributed by atoms with Crippen LogP contribution in [0, 0.1) is 23.0 Å². The lowest BCUT2D eigenvalue weighted by atomic mass is 9.90. The number of carbonyl (C=O) groups is 2. The van der Waals surface area contributed by atoms with Gasteiger partial charge in [0.05, 0.1) is 13.2 Å². The second-order valence-corrected chi connectivity index (χ2v) is 9.18. The number of halogens is 2. The molecule has 1 aliphatic carbocycles. The lowest BCUT2D eigenvalue weighted by Crippen LogP contribution is -2.40. The molecule has 2 aromatic carbocycles. The van der Waals surface area contributed by atoms with Crippen LogP contribution >= 0.6 is 0 Å². The van der Waals surface area contributed by atoms with Crippen molar-refractivity contribution in [3.05, 3.63) is 59.7 Å². The van der Waals surface area contributed by atoms with E-state index in [1.54, 1.807) is 0 Å². The third-order valence-electron chi connectivity index (χ3n) is 7.23. The monoisotopic (exact) mass is 455 g/mol. The van der Waals surface area contributed by atoms with Crippen LogP contribution in [0.2, 0.25) is 0 Å².